The summed E-state index contributed by atoms with van der Waals surface area (Å²) < 4.78 is 16.1. The van der Waals surface area contributed by atoms with Gasteiger partial charge in [-0.3, -0.25) is 4.99 Å². The quantitative estimate of drug-likeness (QED) is 0.387. The Morgan fingerprint density at radius 3 is 2.71 bits per heavy atom. The number of benzodiazepines with no additional fused rings is 1. The molecule has 0 bridgehead atoms. The number of nitrogens with zero attached hydrogens (tertiary/aromatic N) is 1. The molecule has 0 aliphatic carbocycles. The molecular formula is C20H22ClN3O3S. The fourth-order valence-corrected chi connectivity index (χ4v) is 3.18. The van der Waals surface area contributed by atoms with E-state index in [2.05, 4.69) is 10.3 Å². The van der Waals surface area contributed by atoms with Crippen molar-refractivity contribution < 1.29 is 14.2 Å². The molecule has 0 fully saturated rings. The standard InChI is InChI=1S/C20H22ClN3O3S/c1-25-6-7-26-8-9-27-18-11-17-14(10-16(18)22)20(23-12-19(28)24-17)13-4-2-3-5-15(13)21/h2-5,10-11H,6-9,12,22H2,1H3,(H,24,28). The predicted octanol–water partition coefficient (Wildman–Crippen LogP) is 3.55. The predicted molar refractivity (Wildman–Crippen MR) is 117 cm³/mol. The maximum absolute atomic E-state index is 6.39. The minimum atomic E-state index is 0.369. The number of anilines is 2. The van der Waals surface area contributed by atoms with Crippen LogP contribution in [0.1, 0.15) is 11.1 Å². The third kappa shape index (κ3) is 4.99. The fraction of sp³-hybridized carbons (Fsp3) is 0.300. The van der Waals surface area contributed by atoms with Crippen LogP contribution in [-0.2, 0) is 9.47 Å². The van der Waals surface area contributed by atoms with Crippen molar-refractivity contribution >= 4 is 45.9 Å². The molecule has 0 atom stereocenters. The lowest BCUT2D eigenvalue weighted by Gasteiger charge is -2.16. The Kier molecular flexibility index (Phi) is 7.22. The number of nitrogens with two attached hydrogens (primary N) is 1. The van der Waals surface area contributed by atoms with Gasteiger partial charge in [-0.25, -0.2) is 0 Å². The molecule has 3 N–H and O–H groups in total. The normalized spacial score (nSPS) is 13.4. The summed E-state index contributed by atoms with van der Waals surface area (Å²) in [6, 6.07) is 11.2. The average molecular weight is 420 g/mol. The van der Waals surface area contributed by atoms with Crippen molar-refractivity contribution in [2.24, 2.45) is 4.99 Å². The number of nitrogens with one attached hydrogen (secondary N) is 1. The Morgan fingerprint density at radius 2 is 1.93 bits per heavy atom. The Bertz CT molecular complexity index is 889. The highest BCUT2D eigenvalue weighted by atomic mass is 35.5. The number of fused-ring (bicyclic) bond motifs is 1. The number of thiocarbonyl (C=S) groups is 1. The highest BCUT2D eigenvalue weighted by molar-refractivity contribution is 7.80. The van der Waals surface area contributed by atoms with Crippen molar-refractivity contribution in [3.05, 3.63) is 52.5 Å². The second-order valence-corrected chi connectivity index (χ2v) is 6.98. The van der Waals surface area contributed by atoms with Crippen molar-refractivity contribution in [1.82, 2.24) is 0 Å². The molecule has 1 aliphatic rings. The second-order valence-electron chi connectivity index (χ2n) is 6.08. The summed E-state index contributed by atoms with van der Waals surface area (Å²) >= 11 is 11.8. The van der Waals surface area contributed by atoms with Gasteiger partial charge in [0.25, 0.3) is 0 Å². The number of aliphatic imine (C=N–C) groups is 1. The van der Waals surface area contributed by atoms with Crippen LogP contribution in [0.25, 0.3) is 0 Å². The summed E-state index contributed by atoms with van der Waals surface area (Å²) in [5.41, 5.74) is 9.93. The number of methoxy groups -OCH3 is 1. The first-order valence-electron chi connectivity index (χ1n) is 8.82. The van der Waals surface area contributed by atoms with Gasteiger partial charge in [0.15, 0.2) is 0 Å². The average Bonchev–Trinajstić information content (AvgIpc) is 2.83. The van der Waals surface area contributed by atoms with Crippen LogP contribution in [0.3, 0.4) is 0 Å². The Labute approximate surface area is 174 Å². The number of rotatable bonds is 8. The monoisotopic (exact) mass is 419 g/mol. The molecule has 0 aromatic heterocycles. The van der Waals surface area contributed by atoms with Crippen LogP contribution in [0, 0.1) is 0 Å². The lowest BCUT2D eigenvalue weighted by molar-refractivity contribution is 0.0545. The van der Waals surface area contributed by atoms with Gasteiger partial charge in [0.2, 0.25) is 0 Å². The zero-order valence-electron chi connectivity index (χ0n) is 15.5. The van der Waals surface area contributed by atoms with E-state index in [9.17, 15) is 0 Å². The maximum Gasteiger partial charge on any atom is 0.144 e. The zero-order chi connectivity index (χ0) is 19.9. The fourth-order valence-electron chi connectivity index (χ4n) is 2.79. The van der Waals surface area contributed by atoms with Crippen LogP contribution < -0.4 is 15.8 Å². The van der Waals surface area contributed by atoms with E-state index in [-0.39, 0.29) is 0 Å². The van der Waals surface area contributed by atoms with E-state index in [1.165, 1.54) is 0 Å². The number of hydrogen-bond donors (Lipinski definition) is 2. The van der Waals surface area contributed by atoms with E-state index < -0.39 is 0 Å². The van der Waals surface area contributed by atoms with Gasteiger partial charge in [-0.15, -0.1) is 0 Å². The summed E-state index contributed by atoms with van der Waals surface area (Å²) in [6.45, 7) is 2.26. The Morgan fingerprint density at radius 1 is 1.14 bits per heavy atom. The van der Waals surface area contributed by atoms with Crippen LogP contribution in [-0.4, -0.2) is 50.8 Å². The molecule has 8 heteroatoms. The minimum absolute atomic E-state index is 0.369. The van der Waals surface area contributed by atoms with Crippen LogP contribution in [0.5, 0.6) is 5.75 Å². The number of ether oxygens (including phenoxy) is 3. The summed E-state index contributed by atoms with van der Waals surface area (Å²) in [7, 11) is 1.63. The van der Waals surface area contributed by atoms with Gasteiger partial charge in [-0.05, 0) is 12.1 Å². The summed E-state index contributed by atoms with van der Waals surface area (Å²) in [5, 5.41) is 3.84. The van der Waals surface area contributed by atoms with Crippen molar-refractivity contribution in [3.63, 3.8) is 0 Å². The van der Waals surface area contributed by atoms with E-state index >= 15 is 0 Å². The van der Waals surface area contributed by atoms with Crippen LogP contribution in [0.4, 0.5) is 11.4 Å². The van der Waals surface area contributed by atoms with Crippen molar-refractivity contribution in [2.75, 3.05) is 51.1 Å². The van der Waals surface area contributed by atoms with Gasteiger partial charge >= 0.3 is 0 Å². The van der Waals surface area contributed by atoms with Crippen LogP contribution in [0.15, 0.2) is 41.4 Å². The number of halogens is 1. The molecule has 0 saturated heterocycles. The molecule has 28 heavy (non-hydrogen) atoms. The largest absolute Gasteiger partial charge is 0.489 e. The Hall–Kier alpha value is -2.19. The molecule has 0 radical (unpaired) electrons. The first-order valence-corrected chi connectivity index (χ1v) is 9.61. The summed E-state index contributed by atoms with van der Waals surface area (Å²) in [5.74, 6) is 0.560. The molecular weight excluding hydrogens is 398 g/mol. The molecule has 1 aliphatic heterocycles. The van der Waals surface area contributed by atoms with Crippen LogP contribution >= 0.6 is 23.8 Å². The Balaban J connectivity index is 1.84. The molecule has 0 unspecified atom stereocenters. The van der Waals surface area contributed by atoms with E-state index in [4.69, 9.17) is 43.8 Å². The summed E-state index contributed by atoms with van der Waals surface area (Å²) in [4.78, 5) is 5.26. The molecule has 3 rings (SSSR count). The minimum Gasteiger partial charge on any atom is -0.489 e. The third-order valence-electron chi connectivity index (χ3n) is 4.11. The first-order chi connectivity index (χ1) is 13.6. The molecule has 0 amide bonds. The van der Waals surface area contributed by atoms with E-state index in [0.29, 0.717) is 54.4 Å². The third-order valence-corrected chi connectivity index (χ3v) is 4.67. The summed E-state index contributed by atoms with van der Waals surface area (Å²) in [6.07, 6.45) is 0. The topological polar surface area (TPSA) is 78.1 Å². The smallest absolute Gasteiger partial charge is 0.144 e. The van der Waals surface area contributed by atoms with Gasteiger partial charge in [0.05, 0.1) is 43.5 Å². The van der Waals surface area contributed by atoms with Crippen molar-refractivity contribution in [3.8, 4) is 5.75 Å². The van der Waals surface area contributed by atoms with E-state index in [0.717, 1.165) is 22.5 Å². The van der Waals surface area contributed by atoms with Gasteiger partial charge in [0.1, 0.15) is 17.3 Å². The first kappa shape index (κ1) is 20.5. The van der Waals surface area contributed by atoms with Crippen LogP contribution in [0.2, 0.25) is 5.02 Å². The second kappa shape index (κ2) is 9.84. The van der Waals surface area contributed by atoms with Gasteiger partial charge in [0, 0.05) is 29.3 Å². The number of benzene rings is 2. The highest BCUT2D eigenvalue weighted by Gasteiger charge is 2.20. The molecule has 0 spiro atoms. The molecule has 1 heterocycles. The van der Waals surface area contributed by atoms with E-state index in [1.54, 1.807) is 7.11 Å². The van der Waals surface area contributed by atoms with Gasteiger partial charge < -0.3 is 25.3 Å². The lowest BCUT2D eigenvalue weighted by Crippen LogP contribution is -2.13. The molecule has 0 saturated carbocycles. The SMILES string of the molecule is COCCOCCOc1cc2c(cc1N)C(c1ccccc1Cl)=NCC(=S)N2. The maximum atomic E-state index is 6.39. The van der Waals surface area contributed by atoms with Gasteiger partial charge in [-0.2, -0.15) is 0 Å². The number of nitrogen functional groups attached to an aromatic ring is 1. The van der Waals surface area contributed by atoms with E-state index in [1.807, 2.05) is 36.4 Å². The zero-order valence-corrected chi connectivity index (χ0v) is 17.1. The molecule has 2 aromatic rings. The molecule has 6 nitrogen and oxygen atoms in total. The van der Waals surface area contributed by atoms with Crippen molar-refractivity contribution in [2.45, 2.75) is 0 Å². The number of hydrogen-bond acceptors (Lipinski definition) is 6. The highest BCUT2D eigenvalue weighted by Crippen LogP contribution is 2.34. The lowest BCUT2D eigenvalue weighted by atomic mass is 9.99. The van der Waals surface area contributed by atoms with Crippen molar-refractivity contribution in [1.29, 1.82) is 0 Å². The van der Waals surface area contributed by atoms with Gasteiger partial charge in [-0.1, -0.05) is 42.0 Å². The molecule has 2 aromatic carbocycles. The molecule has 148 valence electrons.